The first-order valence-electron chi connectivity index (χ1n) is 8.16. The van der Waals surface area contributed by atoms with Crippen LogP contribution in [0.2, 0.25) is 5.02 Å². The van der Waals surface area contributed by atoms with Crippen molar-refractivity contribution < 1.29 is 0 Å². The molecule has 0 aliphatic carbocycles. The van der Waals surface area contributed by atoms with Gasteiger partial charge in [0.1, 0.15) is 0 Å². The molecule has 0 N–H and O–H groups in total. The van der Waals surface area contributed by atoms with Crippen LogP contribution >= 0.6 is 11.6 Å². The number of rotatable bonds is 2. The molecule has 0 radical (unpaired) electrons. The number of fused-ring (bicyclic) bond motifs is 1. The van der Waals surface area contributed by atoms with Crippen molar-refractivity contribution in [3.8, 4) is 0 Å². The molecule has 0 atom stereocenters. The molecule has 0 bridgehead atoms. The van der Waals surface area contributed by atoms with Gasteiger partial charge in [0.05, 0.1) is 11.2 Å². The minimum Gasteiger partial charge on any atom is -0.366 e. The lowest BCUT2D eigenvalue weighted by Crippen LogP contribution is -2.42. The largest absolute Gasteiger partial charge is 0.366 e. The summed E-state index contributed by atoms with van der Waals surface area (Å²) in [4.78, 5) is 6.93. The van der Waals surface area contributed by atoms with Crippen LogP contribution in [0.4, 0.5) is 11.4 Å². The summed E-state index contributed by atoms with van der Waals surface area (Å²) in [5.74, 6) is 0. The van der Waals surface area contributed by atoms with E-state index >= 15 is 0 Å². The van der Waals surface area contributed by atoms with Gasteiger partial charge in [0, 0.05) is 29.5 Å². The Labute approximate surface area is 149 Å². The number of likely N-dealkylation sites (N-methyl/N-ethyl adjacent to an activating group) is 1. The minimum atomic E-state index is 0.0323. The SMILES string of the molecule is CC1=CC(C)(C)N(C)c2ccc(C=Nc3cc(Cl)ccc3C)cc21. The van der Waals surface area contributed by atoms with E-state index in [4.69, 9.17) is 11.6 Å². The number of hydrogen-bond acceptors (Lipinski definition) is 2. The second-order valence-electron chi connectivity index (χ2n) is 7.01. The molecule has 1 aliphatic rings. The number of allylic oxidation sites excluding steroid dienone is 1. The zero-order valence-electron chi connectivity index (χ0n) is 14.9. The number of hydrogen-bond donors (Lipinski definition) is 0. The highest BCUT2D eigenvalue weighted by atomic mass is 35.5. The van der Waals surface area contributed by atoms with Gasteiger partial charge in [-0.15, -0.1) is 0 Å². The molecule has 24 heavy (non-hydrogen) atoms. The number of aryl methyl sites for hydroxylation is 1. The number of aliphatic imine (C=N–C) groups is 1. The van der Waals surface area contributed by atoms with Crippen molar-refractivity contribution in [1.29, 1.82) is 0 Å². The van der Waals surface area contributed by atoms with Gasteiger partial charge in [0.25, 0.3) is 0 Å². The van der Waals surface area contributed by atoms with Crippen molar-refractivity contribution in [3.63, 3.8) is 0 Å². The van der Waals surface area contributed by atoms with Crippen LogP contribution in [0.25, 0.3) is 5.57 Å². The van der Waals surface area contributed by atoms with Crippen LogP contribution in [0.5, 0.6) is 0 Å². The van der Waals surface area contributed by atoms with Crippen LogP contribution in [0.1, 0.15) is 37.5 Å². The molecule has 124 valence electrons. The lowest BCUT2D eigenvalue weighted by molar-refractivity contribution is 0.598. The van der Waals surface area contributed by atoms with Crippen molar-refractivity contribution >= 4 is 34.8 Å². The molecule has 2 nitrogen and oxygen atoms in total. The minimum absolute atomic E-state index is 0.0323. The molecule has 1 heterocycles. The molecule has 0 spiro atoms. The zero-order valence-corrected chi connectivity index (χ0v) is 15.6. The first-order valence-corrected chi connectivity index (χ1v) is 8.54. The average Bonchev–Trinajstić information content (AvgIpc) is 2.53. The van der Waals surface area contributed by atoms with E-state index in [2.05, 4.69) is 62.0 Å². The number of benzene rings is 2. The normalized spacial score (nSPS) is 16.2. The van der Waals surface area contributed by atoms with Crippen LogP contribution < -0.4 is 4.90 Å². The van der Waals surface area contributed by atoms with Gasteiger partial charge in [-0.05, 0) is 68.7 Å². The van der Waals surface area contributed by atoms with Crippen molar-refractivity contribution in [3.05, 3.63) is 64.2 Å². The number of anilines is 1. The van der Waals surface area contributed by atoms with Gasteiger partial charge < -0.3 is 4.90 Å². The van der Waals surface area contributed by atoms with E-state index in [9.17, 15) is 0 Å². The van der Waals surface area contributed by atoms with E-state index < -0.39 is 0 Å². The summed E-state index contributed by atoms with van der Waals surface area (Å²) in [5.41, 5.74) is 6.98. The smallest absolute Gasteiger partial charge is 0.0673 e. The molecule has 0 aromatic heterocycles. The van der Waals surface area contributed by atoms with E-state index in [1.807, 2.05) is 31.3 Å². The summed E-state index contributed by atoms with van der Waals surface area (Å²) >= 11 is 6.07. The molecule has 0 saturated carbocycles. The summed E-state index contributed by atoms with van der Waals surface area (Å²) in [7, 11) is 2.14. The first kappa shape index (κ1) is 16.8. The Kier molecular flexibility index (Phi) is 4.27. The Morgan fingerprint density at radius 1 is 1.08 bits per heavy atom. The summed E-state index contributed by atoms with van der Waals surface area (Å²) in [6.45, 7) is 8.68. The predicted octanol–water partition coefficient (Wildman–Crippen LogP) is 6.03. The van der Waals surface area contributed by atoms with Crippen molar-refractivity contribution in [2.24, 2.45) is 4.99 Å². The monoisotopic (exact) mass is 338 g/mol. The molecule has 0 saturated heterocycles. The van der Waals surface area contributed by atoms with Crippen LogP contribution in [-0.4, -0.2) is 18.8 Å². The third-order valence-corrected chi connectivity index (χ3v) is 5.00. The van der Waals surface area contributed by atoms with Crippen molar-refractivity contribution in [2.45, 2.75) is 33.2 Å². The average molecular weight is 339 g/mol. The van der Waals surface area contributed by atoms with E-state index in [1.165, 1.54) is 16.8 Å². The van der Waals surface area contributed by atoms with Gasteiger partial charge in [-0.25, -0.2) is 0 Å². The molecule has 2 aromatic rings. The molecule has 3 rings (SSSR count). The second-order valence-corrected chi connectivity index (χ2v) is 7.44. The third kappa shape index (κ3) is 3.11. The van der Waals surface area contributed by atoms with Gasteiger partial charge in [-0.3, -0.25) is 4.99 Å². The number of nitrogens with zero attached hydrogens (tertiary/aromatic N) is 2. The van der Waals surface area contributed by atoms with Crippen LogP contribution in [0.3, 0.4) is 0 Å². The molecule has 3 heteroatoms. The second kappa shape index (κ2) is 6.10. The van der Waals surface area contributed by atoms with Crippen LogP contribution in [-0.2, 0) is 0 Å². The fourth-order valence-corrected chi connectivity index (χ4v) is 3.29. The third-order valence-electron chi connectivity index (χ3n) is 4.76. The highest BCUT2D eigenvalue weighted by Crippen LogP contribution is 2.38. The molecular formula is C21H23ClN2. The predicted molar refractivity (Wildman–Crippen MR) is 106 cm³/mol. The Morgan fingerprint density at radius 2 is 1.83 bits per heavy atom. The highest BCUT2D eigenvalue weighted by Gasteiger charge is 2.28. The van der Waals surface area contributed by atoms with Gasteiger partial charge >= 0.3 is 0 Å². The van der Waals surface area contributed by atoms with Crippen molar-refractivity contribution in [2.75, 3.05) is 11.9 Å². The van der Waals surface area contributed by atoms with E-state index in [-0.39, 0.29) is 5.54 Å². The van der Waals surface area contributed by atoms with E-state index in [0.29, 0.717) is 5.02 Å². The van der Waals surface area contributed by atoms with Crippen LogP contribution in [0, 0.1) is 6.92 Å². The lowest BCUT2D eigenvalue weighted by atomic mass is 9.89. The molecule has 0 unspecified atom stereocenters. The maximum absolute atomic E-state index is 6.07. The Hall–Kier alpha value is -2.06. The van der Waals surface area contributed by atoms with Crippen molar-refractivity contribution in [1.82, 2.24) is 0 Å². The topological polar surface area (TPSA) is 15.6 Å². The van der Waals surface area contributed by atoms with E-state index in [1.54, 1.807) is 0 Å². The lowest BCUT2D eigenvalue weighted by Gasteiger charge is -2.40. The Bertz CT molecular complexity index is 847. The first-order chi connectivity index (χ1) is 11.3. The van der Waals surface area contributed by atoms with Gasteiger partial charge in [0.2, 0.25) is 0 Å². The Morgan fingerprint density at radius 3 is 2.58 bits per heavy atom. The van der Waals surface area contributed by atoms with Crippen LogP contribution in [0.15, 0.2) is 47.5 Å². The fraction of sp³-hybridized carbons (Fsp3) is 0.286. The fourth-order valence-electron chi connectivity index (χ4n) is 3.12. The standard InChI is InChI=1S/C21H23ClN2/c1-14-6-8-17(22)11-19(14)23-13-16-7-9-20-18(10-16)15(2)12-21(3,4)24(20)5/h6-13H,1-5H3. The molecule has 2 aromatic carbocycles. The summed E-state index contributed by atoms with van der Waals surface area (Å²) in [5, 5.41) is 0.709. The molecular weight excluding hydrogens is 316 g/mol. The number of halogens is 1. The highest BCUT2D eigenvalue weighted by molar-refractivity contribution is 6.30. The molecule has 0 fully saturated rings. The van der Waals surface area contributed by atoms with E-state index in [0.717, 1.165) is 16.8 Å². The summed E-state index contributed by atoms with van der Waals surface area (Å²) in [6.07, 6.45) is 4.23. The molecule has 1 aliphatic heterocycles. The molecule has 0 amide bonds. The maximum atomic E-state index is 6.07. The summed E-state index contributed by atoms with van der Waals surface area (Å²) < 4.78 is 0. The van der Waals surface area contributed by atoms with Gasteiger partial charge in [-0.2, -0.15) is 0 Å². The van der Waals surface area contributed by atoms with Gasteiger partial charge in [-0.1, -0.05) is 29.8 Å². The maximum Gasteiger partial charge on any atom is 0.0673 e. The zero-order chi connectivity index (χ0) is 17.5. The van der Waals surface area contributed by atoms with Gasteiger partial charge in [0.15, 0.2) is 0 Å². The quantitative estimate of drug-likeness (QED) is 0.610. The Balaban J connectivity index is 1.97. The summed E-state index contributed by atoms with van der Waals surface area (Å²) in [6, 6.07) is 12.3.